The van der Waals surface area contributed by atoms with Gasteiger partial charge in [-0.1, -0.05) is 0 Å². The molecule has 0 saturated carbocycles. The van der Waals surface area contributed by atoms with E-state index in [-0.39, 0.29) is 11.5 Å². The van der Waals surface area contributed by atoms with E-state index < -0.39 is 23.5 Å². The summed E-state index contributed by atoms with van der Waals surface area (Å²) >= 11 is 0. The summed E-state index contributed by atoms with van der Waals surface area (Å²) in [6.45, 7) is 0. The summed E-state index contributed by atoms with van der Waals surface area (Å²) in [5.74, 6) is -3.32. The van der Waals surface area contributed by atoms with E-state index >= 15 is 0 Å². The van der Waals surface area contributed by atoms with Gasteiger partial charge in [0.25, 0.3) is 11.8 Å². The molecule has 0 aromatic carbocycles. The van der Waals surface area contributed by atoms with Crippen molar-refractivity contribution in [2.24, 2.45) is 5.92 Å². The van der Waals surface area contributed by atoms with Gasteiger partial charge >= 0.3 is 0 Å². The van der Waals surface area contributed by atoms with Gasteiger partial charge in [-0.15, -0.1) is 0 Å². The zero-order chi connectivity index (χ0) is 10.7. The molecule has 1 fully saturated rings. The van der Waals surface area contributed by atoms with Gasteiger partial charge < -0.3 is 4.74 Å². The summed E-state index contributed by atoms with van der Waals surface area (Å²) in [5.41, 5.74) is 0. The van der Waals surface area contributed by atoms with Crippen molar-refractivity contribution in [3.05, 3.63) is 12.3 Å². The molecule has 0 aromatic heterocycles. The largest absolute Gasteiger partial charge is 0.504 e. The topological polar surface area (TPSA) is 83.9 Å². The molecule has 1 unspecified atom stereocenters. The average Bonchev–Trinajstić information content (AvgIpc) is 2.42. The summed E-state index contributed by atoms with van der Waals surface area (Å²) < 4.78 is 4.49. The Labute approximate surface area is 79.7 Å². The highest BCUT2D eigenvalue weighted by Gasteiger charge is 2.41. The van der Waals surface area contributed by atoms with Crippen LogP contribution in [0.25, 0.3) is 0 Å². The van der Waals surface area contributed by atoms with E-state index in [1.54, 1.807) is 0 Å². The lowest BCUT2D eigenvalue weighted by Gasteiger charge is -2.03. The normalized spacial score (nSPS) is 22.1. The maximum Gasteiger partial charge on any atom is 0.264 e. The summed E-state index contributed by atoms with van der Waals surface area (Å²) in [5, 5.41) is 8.81. The molecule has 0 aliphatic carbocycles. The smallest absolute Gasteiger partial charge is 0.264 e. The first-order valence-electron chi connectivity index (χ1n) is 3.86. The van der Waals surface area contributed by atoms with Crippen molar-refractivity contribution in [1.82, 2.24) is 5.06 Å². The Kier molecular flexibility index (Phi) is 2.98. The molecule has 14 heavy (non-hydrogen) atoms. The Morgan fingerprint density at radius 2 is 2.29 bits per heavy atom. The first kappa shape index (κ1) is 10.4. The molecule has 6 nitrogen and oxygen atoms in total. The molecule has 1 aliphatic heterocycles. The molecule has 1 saturated heterocycles. The van der Waals surface area contributed by atoms with Crippen LogP contribution in [0.15, 0.2) is 12.3 Å². The van der Waals surface area contributed by atoms with Gasteiger partial charge in [0, 0.05) is 12.5 Å². The second-order valence-corrected chi connectivity index (χ2v) is 2.74. The number of imide groups is 1. The van der Waals surface area contributed by atoms with Crippen LogP contribution in [0.5, 0.6) is 0 Å². The van der Waals surface area contributed by atoms with Crippen molar-refractivity contribution in [2.45, 2.75) is 6.42 Å². The standard InChI is InChI=1S/C8H9NO5/c1-14-3-2-6(10)5-4-7(11)9(13)8(5)12/h2-3,5,13H,4H2,1H3. The lowest BCUT2D eigenvalue weighted by molar-refractivity contribution is -0.172. The zero-order valence-corrected chi connectivity index (χ0v) is 7.47. The average molecular weight is 199 g/mol. The van der Waals surface area contributed by atoms with Gasteiger partial charge in [-0.05, 0) is 0 Å². The summed E-state index contributed by atoms with van der Waals surface area (Å²) in [6.07, 6.45) is 1.87. The van der Waals surface area contributed by atoms with Crippen molar-refractivity contribution in [2.75, 3.05) is 7.11 Å². The number of allylic oxidation sites excluding steroid dienone is 1. The minimum atomic E-state index is -1.11. The number of methoxy groups -OCH3 is 1. The highest BCUT2D eigenvalue weighted by atomic mass is 16.5. The Hall–Kier alpha value is -1.69. The summed E-state index contributed by atoms with van der Waals surface area (Å²) in [6, 6.07) is 0. The molecule has 1 N–H and O–H groups in total. The second-order valence-electron chi connectivity index (χ2n) is 2.74. The van der Waals surface area contributed by atoms with Crippen molar-refractivity contribution in [3.63, 3.8) is 0 Å². The van der Waals surface area contributed by atoms with E-state index in [1.165, 1.54) is 7.11 Å². The van der Waals surface area contributed by atoms with Gasteiger partial charge in [0.1, 0.15) is 5.92 Å². The molecule has 1 aliphatic rings. The van der Waals surface area contributed by atoms with E-state index in [0.717, 1.165) is 12.3 Å². The van der Waals surface area contributed by atoms with Crippen LogP contribution in [0.4, 0.5) is 0 Å². The van der Waals surface area contributed by atoms with Crippen LogP contribution in [0, 0.1) is 5.92 Å². The highest BCUT2D eigenvalue weighted by molar-refractivity contribution is 6.15. The van der Waals surface area contributed by atoms with Gasteiger partial charge in [0.2, 0.25) is 0 Å². The third kappa shape index (κ3) is 1.80. The number of carbonyl (C=O) groups is 3. The summed E-state index contributed by atoms with van der Waals surface area (Å²) in [4.78, 5) is 33.1. The van der Waals surface area contributed by atoms with E-state index in [4.69, 9.17) is 5.21 Å². The second kappa shape index (κ2) is 4.01. The predicted molar refractivity (Wildman–Crippen MR) is 42.9 cm³/mol. The van der Waals surface area contributed by atoms with Crippen LogP contribution in [-0.4, -0.2) is 35.0 Å². The van der Waals surface area contributed by atoms with Crippen molar-refractivity contribution in [3.8, 4) is 0 Å². The number of hydroxylamine groups is 2. The number of hydrogen-bond acceptors (Lipinski definition) is 5. The molecule has 0 bridgehead atoms. The van der Waals surface area contributed by atoms with E-state index in [2.05, 4.69) is 4.74 Å². The molecule has 1 atom stereocenters. The Balaban J connectivity index is 2.72. The fraction of sp³-hybridized carbons (Fsp3) is 0.375. The predicted octanol–water partition coefficient (Wildman–Crippen LogP) is -0.520. The fourth-order valence-corrected chi connectivity index (χ4v) is 1.09. The van der Waals surface area contributed by atoms with Crippen molar-refractivity contribution in [1.29, 1.82) is 0 Å². The van der Waals surface area contributed by atoms with Gasteiger partial charge in [-0.25, -0.2) is 0 Å². The lowest BCUT2D eigenvalue weighted by atomic mass is 10.0. The zero-order valence-electron chi connectivity index (χ0n) is 7.47. The molecule has 2 amide bonds. The maximum atomic E-state index is 11.2. The third-order valence-electron chi connectivity index (χ3n) is 1.83. The number of rotatable bonds is 3. The van der Waals surface area contributed by atoms with Crippen LogP contribution >= 0.6 is 0 Å². The monoisotopic (exact) mass is 199 g/mol. The third-order valence-corrected chi connectivity index (χ3v) is 1.83. The quantitative estimate of drug-likeness (QED) is 0.217. The number of hydrogen-bond donors (Lipinski definition) is 1. The van der Waals surface area contributed by atoms with Crippen molar-refractivity contribution < 1.29 is 24.3 Å². The molecule has 1 rings (SSSR count). The number of ketones is 1. The van der Waals surface area contributed by atoms with Gasteiger partial charge in [-0.3, -0.25) is 19.6 Å². The van der Waals surface area contributed by atoms with Crippen LogP contribution < -0.4 is 0 Å². The van der Waals surface area contributed by atoms with Gasteiger partial charge in [0.05, 0.1) is 13.4 Å². The summed E-state index contributed by atoms with van der Waals surface area (Å²) in [7, 11) is 1.35. The Morgan fingerprint density at radius 3 is 2.71 bits per heavy atom. The van der Waals surface area contributed by atoms with Crippen LogP contribution in [-0.2, 0) is 19.1 Å². The SMILES string of the molecule is COC=CC(=O)C1CC(=O)N(O)C1=O. The Bertz CT molecular complexity index is 309. The molecular weight excluding hydrogens is 190 g/mol. The highest BCUT2D eigenvalue weighted by Crippen LogP contribution is 2.18. The molecule has 1 heterocycles. The van der Waals surface area contributed by atoms with E-state index in [9.17, 15) is 14.4 Å². The van der Waals surface area contributed by atoms with Crippen LogP contribution in [0.2, 0.25) is 0 Å². The number of amides is 2. The molecule has 76 valence electrons. The van der Waals surface area contributed by atoms with Crippen molar-refractivity contribution >= 4 is 17.6 Å². The number of nitrogens with zero attached hydrogens (tertiary/aromatic N) is 1. The Morgan fingerprint density at radius 1 is 1.64 bits per heavy atom. The number of carbonyl (C=O) groups excluding carboxylic acids is 3. The van der Waals surface area contributed by atoms with Crippen LogP contribution in [0.3, 0.4) is 0 Å². The van der Waals surface area contributed by atoms with E-state index in [1.807, 2.05) is 0 Å². The molecule has 0 spiro atoms. The molecule has 0 radical (unpaired) electrons. The fourth-order valence-electron chi connectivity index (χ4n) is 1.09. The van der Waals surface area contributed by atoms with Gasteiger partial charge in [0.15, 0.2) is 5.78 Å². The number of ether oxygens (including phenoxy) is 1. The maximum absolute atomic E-state index is 11.2. The van der Waals surface area contributed by atoms with Crippen LogP contribution in [0.1, 0.15) is 6.42 Å². The minimum Gasteiger partial charge on any atom is -0.504 e. The van der Waals surface area contributed by atoms with E-state index in [0.29, 0.717) is 0 Å². The first-order valence-corrected chi connectivity index (χ1v) is 3.86. The first-order chi connectivity index (χ1) is 6.57. The molecule has 0 aromatic rings. The lowest BCUT2D eigenvalue weighted by Crippen LogP contribution is -2.28. The molecular formula is C8H9NO5. The minimum absolute atomic E-state index is 0.0246. The molecule has 6 heteroatoms. The van der Waals surface area contributed by atoms with Gasteiger partial charge in [-0.2, -0.15) is 5.06 Å².